The van der Waals surface area contributed by atoms with Gasteiger partial charge in [0, 0.05) is 16.9 Å². The van der Waals surface area contributed by atoms with E-state index in [0.717, 1.165) is 16.4 Å². The smallest absolute Gasteiger partial charge is 0.416 e. The molecule has 3 aromatic rings. The molecule has 0 aliphatic rings. The normalized spacial score (nSPS) is 10.9. The molecule has 0 spiro atoms. The second-order valence-corrected chi connectivity index (χ2v) is 6.93. The number of anilines is 3. The van der Waals surface area contributed by atoms with E-state index in [-0.39, 0.29) is 22.7 Å². The number of halogens is 3. The number of carbonyl (C=O) groups excluding carboxylic acids is 2. The topological polar surface area (TPSA) is 70.7 Å². The predicted molar refractivity (Wildman–Crippen MR) is 119 cm³/mol. The molecule has 0 atom stereocenters. The minimum absolute atomic E-state index is 0.0687. The predicted octanol–water partition coefficient (Wildman–Crippen LogP) is 5.85. The zero-order chi connectivity index (χ0) is 23.3. The Kier molecular flexibility index (Phi) is 6.94. The Labute approximate surface area is 187 Å². The van der Waals surface area contributed by atoms with Crippen molar-refractivity contribution in [2.24, 2.45) is 0 Å². The van der Waals surface area contributed by atoms with Crippen molar-refractivity contribution in [3.63, 3.8) is 0 Å². The zero-order valence-corrected chi connectivity index (χ0v) is 17.6. The van der Waals surface area contributed by atoms with E-state index in [1.807, 2.05) is 6.07 Å². The number of hydrogen-bond donors (Lipinski definition) is 3. The number of alkyl halides is 3. The van der Waals surface area contributed by atoms with Gasteiger partial charge in [-0.15, -0.1) is 0 Å². The number of hydrogen-bond acceptors (Lipinski definition) is 4. The zero-order valence-electron chi connectivity index (χ0n) is 16.7. The van der Waals surface area contributed by atoms with Crippen LogP contribution in [-0.2, 0) is 6.18 Å². The van der Waals surface area contributed by atoms with Crippen molar-refractivity contribution in [1.29, 1.82) is 0 Å². The molecule has 0 radical (unpaired) electrons. The van der Waals surface area contributed by atoms with E-state index in [4.69, 9.17) is 4.74 Å². The second-order valence-electron chi connectivity index (χ2n) is 6.53. The highest BCUT2D eigenvalue weighted by molar-refractivity contribution is 7.82. The lowest BCUT2D eigenvalue weighted by atomic mass is 10.1. The van der Waals surface area contributed by atoms with Crippen LogP contribution in [0.1, 0.15) is 15.9 Å². The average molecular weight is 461 g/mol. The number of carbonyl (C=O) groups is 2. The maximum Gasteiger partial charge on any atom is 0.416 e. The number of benzene rings is 3. The molecule has 2 N–H and O–H groups in total. The maximum atomic E-state index is 12.9. The Hall–Kier alpha value is -3.66. The fraction of sp³-hybridized carbons (Fsp3) is 0.0909. The van der Waals surface area contributed by atoms with Gasteiger partial charge in [-0.2, -0.15) is 13.2 Å². The van der Waals surface area contributed by atoms with Crippen LogP contribution in [0.15, 0.2) is 72.8 Å². The molecule has 6 nitrogen and oxygen atoms in total. The largest absolute Gasteiger partial charge is 0.495 e. The Balaban J connectivity index is 1.82. The number of amides is 3. The van der Waals surface area contributed by atoms with E-state index in [2.05, 4.69) is 23.4 Å². The molecule has 10 heteroatoms. The molecule has 166 valence electrons. The van der Waals surface area contributed by atoms with Gasteiger partial charge >= 0.3 is 12.2 Å². The molecule has 0 saturated heterocycles. The summed E-state index contributed by atoms with van der Waals surface area (Å²) in [4.78, 5) is 25.2. The summed E-state index contributed by atoms with van der Waals surface area (Å²) >= 11 is 4.15. The molecule has 0 aliphatic heterocycles. The molecule has 3 amide bonds. The Morgan fingerprint density at radius 2 is 1.59 bits per heavy atom. The first kappa shape index (κ1) is 23.0. The number of nitrogens with zero attached hydrogens (tertiary/aromatic N) is 1. The summed E-state index contributed by atoms with van der Waals surface area (Å²) in [6.07, 6.45) is -4.55. The van der Waals surface area contributed by atoms with Crippen molar-refractivity contribution in [3.8, 4) is 5.75 Å². The van der Waals surface area contributed by atoms with E-state index in [1.165, 1.54) is 37.4 Å². The SMILES string of the molecule is COc1ccc(C(=O)Nc2ccccc2)cc1N(S)C(=O)Nc1cccc(C(F)(F)F)c1. The van der Waals surface area contributed by atoms with E-state index in [0.29, 0.717) is 5.69 Å². The number of para-hydroxylation sites is 1. The lowest BCUT2D eigenvalue weighted by Gasteiger charge is -2.20. The van der Waals surface area contributed by atoms with Gasteiger partial charge in [-0.05, 0) is 48.5 Å². The van der Waals surface area contributed by atoms with E-state index < -0.39 is 23.7 Å². The number of urea groups is 1. The molecule has 0 aliphatic carbocycles. The summed E-state index contributed by atoms with van der Waals surface area (Å²) in [5.74, 6) is -0.199. The Morgan fingerprint density at radius 3 is 2.25 bits per heavy atom. The first-order valence-corrected chi connectivity index (χ1v) is 9.60. The van der Waals surface area contributed by atoms with Crippen LogP contribution in [0, 0.1) is 0 Å². The fourth-order valence-electron chi connectivity index (χ4n) is 2.78. The third-order valence-corrected chi connectivity index (χ3v) is 4.73. The van der Waals surface area contributed by atoms with E-state index in [9.17, 15) is 22.8 Å². The molecular weight excluding hydrogens is 443 g/mol. The van der Waals surface area contributed by atoms with Crippen molar-refractivity contribution >= 4 is 41.8 Å². The number of thiol groups is 1. The minimum Gasteiger partial charge on any atom is -0.495 e. The molecule has 32 heavy (non-hydrogen) atoms. The van der Waals surface area contributed by atoms with Gasteiger partial charge in [0.2, 0.25) is 0 Å². The quantitative estimate of drug-likeness (QED) is 0.418. The van der Waals surface area contributed by atoms with Crippen LogP contribution in [0.2, 0.25) is 0 Å². The lowest BCUT2D eigenvalue weighted by molar-refractivity contribution is -0.137. The molecule has 0 fully saturated rings. The van der Waals surface area contributed by atoms with Gasteiger partial charge in [0.05, 0.1) is 18.4 Å². The summed E-state index contributed by atoms with van der Waals surface area (Å²) in [6, 6.07) is 16.5. The lowest BCUT2D eigenvalue weighted by Crippen LogP contribution is -2.27. The third-order valence-electron chi connectivity index (χ3n) is 4.33. The van der Waals surface area contributed by atoms with Crippen molar-refractivity contribution < 1.29 is 27.5 Å². The van der Waals surface area contributed by atoms with Crippen molar-refractivity contribution in [3.05, 3.63) is 83.9 Å². The molecule has 0 bridgehead atoms. The number of ether oxygens (including phenoxy) is 1. The first-order chi connectivity index (χ1) is 15.2. The molecule has 0 unspecified atom stereocenters. The van der Waals surface area contributed by atoms with Gasteiger partial charge in [0.15, 0.2) is 0 Å². The van der Waals surface area contributed by atoms with Crippen LogP contribution in [0.3, 0.4) is 0 Å². The number of nitrogens with one attached hydrogen (secondary N) is 2. The Bertz CT molecular complexity index is 1120. The van der Waals surface area contributed by atoms with Crippen LogP contribution in [0.5, 0.6) is 5.75 Å². The third kappa shape index (κ3) is 5.52. The van der Waals surface area contributed by atoms with Crippen LogP contribution in [0.25, 0.3) is 0 Å². The molecule has 0 heterocycles. The monoisotopic (exact) mass is 461 g/mol. The highest BCUT2D eigenvalue weighted by Gasteiger charge is 2.30. The van der Waals surface area contributed by atoms with Crippen molar-refractivity contribution in [2.45, 2.75) is 6.18 Å². The van der Waals surface area contributed by atoms with Gasteiger partial charge in [-0.3, -0.25) is 4.79 Å². The molecular formula is C22H18F3N3O3S. The number of rotatable bonds is 5. The molecule has 3 rings (SSSR count). The summed E-state index contributed by atoms with van der Waals surface area (Å²) < 4.78 is 44.8. The highest BCUT2D eigenvalue weighted by Crippen LogP contribution is 2.33. The number of methoxy groups -OCH3 is 1. The average Bonchev–Trinajstić information content (AvgIpc) is 2.78. The van der Waals surface area contributed by atoms with Crippen LogP contribution in [-0.4, -0.2) is 19.0 Å². The van der Waals surface area contributed by atoms with Gasteiger partial charge in [0.25, 0.3) is 5.91 Å². The van der Waals surface area contributed by atoms with Crippen LogP contribution in [0.4, 0.5) is 35.0 Å². The first-order valence-electron chi connectivity index (χ1n) is 9.20. The highest BCUT2D eigenvalue weighted by atomic mass is 32.1. The van der Waals surface area contributed by atoms with Crippen molar-refractivity contribution in [2.75, 3.05) is 22.0 Å². The van der Waals surface area contributed by atoms with E-state index >= 15 is 0 Å². The van der Waals surface area contributed by atoms with Gasteiger partial charge < -0.3 is 15.4 Å². The van der Waals surface area contributed by atoms with Crippen molar-refractivity contribution in [1.82, 2.24) is 0 Å². The summed E-state index contributed by atoms with van der Waals surface area (Å²) in [6.45, 7) is 0. The molecule has 0 aromatic heterocycles. The summed E-state index contributed by atoms with van der Waals surface area (Å²) in [5.41, 5.74) is -0.0459. The minimum atomic E-state index is -4.55. The second kappa shape index (κ2) is 9.65. The van der Waals surface area contributed by atoms with Gasteiger partial charge in [-0.1, -0.05) is 37.1 Å². The van der Waals surface area contributed by atoms with Gasteiger partial charge in [-0.25, -0.2) is 9.10 Å². The molecule has 3 aromatic carbocycles. The Morgan fingerprint density at radius 1 is 0.906 bits per heavy atom. The fourth-order valence-corrected chi connectivity index (χ4v) is 2.99. The summed E-state index contributed by atoms with van der Waals surface area (Å²) in [7, 11) is 1.37. The van der Waals surface area contributed by atoms with E-state index in [1.54, 1.807) is 24.3 Å². The maximum absolute atomic E-state index is 12.9. The van der Waals surface area contributed by atoms with Crippen LogP contribution >= 0.6 is 12.8 Å². The van der Waals surface area contributed by atoms with Gasteiger partial charge in [0.1, 0.15) is 5.75 Å². The van der Waals surface area contributed by atoms with Crippen LogP contribution < -0.4 is 19.7 Å². The molecule has 0 saturated carbocycles. The summed E-state index contributed by atoms with van der Waals surface area (Å²) in [5, 5.41) is 5.07. The standard InChI is InChI=1S/C22H18F3N3O3S/c1-31-19-11-10-14(20(29)26-16-7-3-2-4-8-16)12-18(19)28(32)21(30)27-17-9-5-6-15(13-17)22(23,24)25/h2-13,32H,1H3,(H,26,29)(H,27,30).